The van der Waals surface area contributed by atoms with E-state index in [0.29, 0.717) is 19.6 Å². The van der Waals surface area contributed by atoms with Crippen molar-refractivity contribution >= 4 is 29.3 Å². The van der Waals surface area contributed by atoms with Gasteiger partial charge in [-0.25, -0.2) is 13.6 Å². The van der Waals surface area contributed by atoms with Crippen LogP contribution in [0.5, 0.6) is 0 Å². The summed E-state index contributed by atoms with van der Waals surface area (Å²) in [5.41, 5.74) is -1.27. The monoisotopic (exact) mass is 637 g/mol. The van der Waals surface area contributed by atoms with Crippen molar-refractivity contribution in [3.8, 4) is 6.07 Å². The molecule has 43 heavy (non-hydrogen) atoms. The standard InChI is InChI=1S/C31H35Cl2F2N3O5/c1-30(2,18-9-12-42-13-10-18)15-25-31(17-36,22-7-6-19(32)14-24(22)34)26(21-4-3-5-23(33)27(21)35)28(38-25)43-29(41)37-11-8-20(40)16-39/h3-7,9,14,20,25-26,28,38-40H,8,10-13,15-16H2,1-2H3,(H,37,41)/t20-,25-,26-,28+,31-/m0/s1. The highest BCUT2D eigenvalue weighted by Gasteiger charge is 2.61. The Morgan fingerprint density at radius 2 is 2.09 bits per heavy atom. The Morgan fingerprint density at radius 3 is 2.74 bits per heavy atom. The van der Waals surface area contributed by atoms with Gasteiger partial charge in [-0.2, -0.15) is 5.26 Å². The van der Waals surface area contributed by atoms with Crippen LogP contribution in [0.25, 0.3) is 0 Å². The van der Waals surface area contributed by atoms with Gasteiger partial charge in [-0.15, -0.1) is 0 Å². The third kappa shape index (κ3) is 6.98. The summed E-state index contributed by atoms with van der Waals surface area (Å²) >= 11 is 12.3. The molecule has 2 aromatic carbocycles. The van der Waals surface area contributed by atoms with Crippen molar-refractivity contribution in [2.45, 2.75) is 62.8 Å². The minimum atomic E-state index is -1.79. The molecule has 2 heterocycles. The Bertz CT molecular complexity index is 1400. The van der Waals surface area contributed by atoms with Crippen molar-refractivity contribution in [2.75, 3.05) is 26.4 Å². The maximum Gasteiger partial charge on any atom is 0.408 e. The molecule has 2 aromatic rings. The van der Waals surface area contributed by atoms with Crippen LogP contribution in [0.2, 0.25) is 10.0 Å². The minimum absolute atomic E-state index is 0.0225. The smallest absolute Gasteiger partial charge is 0.408 e. The van der Waals surface area contributed by atoms with Gasteiger partial charge in [-0.3, -0.25) is 5.32 Å². The summed E-state index contributed by atoms with van der Waals surface area (Å²) in [6.45, 7) is 4.50. The van der Waals surface area contributed by atoms with Gasteiger partial charge in [0.25, 0.3) is 0 Å². The van der Waals surface area contributed by atoms with E-state index >= 15 is 8.78 Å². The van der Waals surface area contributed by atoms with E-state index < -0.39 is 59.5 Å². The van der Waals surface area contributed by atoms with Crippen LogP contribution in [0.15, 0.2) is 48.0 Å². The first kappa shape index (κ1) is 33.1. The van der Waals surface area contributed by atoms with Gasteiger partial charge in [-0.1, -0.05) is 66.9 Å². The molecule has 8 nitrogen and oxygen atoms in total. The maximum atomic E-state index is 15.9. The third-order valence-corrected chi connectivity index (χ3v) is 8.85. The van der Waals surface area contributed by atoms with Gasteiger partial charge in [0.15, 0.2) is 6.23 Å². The highest BCUT2D eigenvalue weighted by Crippen LogP contribution is 2.54. The fourth-order valence-corrected chi connectivity index (χ4v) is 6.47. The van der Waals surface area contributed by atoms with Gasteiger partial charge in [0.2, 0.25) is 0 Å². The van der Waals surface area contributed by atoms with Gasteiger partial charge in [0.05, 0.1) is 42.9 Å². The highest BCUT2D eigenvalue weighted by atomic mass is 35.5. The second-order valence-electron chi connectivity index (χ2n) is 11.5. The average molecular weight is 639 g/mol. The Kier molecular flexibility index (Phi) is 10.7. The van der Waals surface area contributed by atoms with Crippen LogP contribution in [0.1, 0.15) is 50.2 Å². The Hall–Kier alpha value is -2.78. The highest BCUT2D eigenvalue weighted by molar-refractivity contribution is 6.31. The largest absolute Gasteiger partial charge is 0.430 e. The van der Waals surface area contributed by atoms with Crippen molar-refractivity contribution in [3.05, 3.63) is 80.9 Å². The molecule has 1 fully saturated rings. The number of nitrogens with one attached hydrogen (secondary N) is 2. The Labute approximate surface area is 259 Å². The van der Waals surface area contributed by atoms with Crippen LogP contribution in [0, 0.1) is 28.4 Å². The normalized spacial score (nSPS) is 24.6. The topological polar surface area (TPSA) is 124 Å². The Balaban J connectivity index is 1.85. The molecular weight excluding hydrogens is 603 g/mol. The molecule has 0 aliphatic carbocycles. The van der Waals surface area contributed by atoms with E-state index in [1.54, 1.807) is 0 Å². The van der Waals surface area contributed by atoms with Crippen molar-refractivity contribution in [1.82, 2.24) is 10.6 Å². The number of nitrogens with zero attached hydrogens (tertiary/aromatic N) is 1. The van der Waals surface area contributed by atoms with Crippen molar-refractivity contribution in [3.63, 3.8) is 0 Å². The second kappa shape index (κ2) is 13.9. The third-order valence-electron chi connectivity index (χ3n) is 8.33. The molecule has 2 aliphatic rings. The fraction of sp³-hybridized carbons (Fsp3) is 0.484. The molecule has 1 saturated heterocycles. The summed E-state index contributed by atoms with van der Waals surface area (Å²) in [6, 6.07) is 9.75. The van der Waals surface area contributed by atoms with E-state index in [1.165, 1.54) is 30.3 Å². The van der Waals surface area contributed by atoms with Gasteiger partial charge in [-0.05, 0) is 48.4 Å². The number of alkyl carbamates (subject to hydrolysis) is 1. The summed E-state index contributed by atoms with van der Waals surface area (Å²) in [7, 11) is 0. The SMILES string of the molecule is CC(C)(C[C@@H]1N[C@H](OC(=O)NCC[C@H](O)CO)[C@H](c2cccc(Cl)c2F)[C@@]1(C#N)c1ccc(Cl)cc1F)C1=CCOCC1. The van der Waals surface area contributed by atoms with E-state index in [4.69, 9.17) is 37.8 Å². The molecule has 2 aliphatic heterocycles. The molecule has 0 saturated carbocycles. The van der Waals surface area contributed by atoms with Crippen LogP contribution in [-0.2, 0) is 14.9 Å². The predicted molar refractivity (Wildman–Crippen MR) is 158 cm³/mol. The number of carbonyl (C=O) groups is 1. The molecule has 0 spiro atoms. The van der Waals surface area contributed by atoms with E-state index in [1.807, 2.05) is 19.9 Å². The number of ether oxygens (including phenoxy) is 2. The molecule has 5 atom stereocenters. The first-order chi connectivity index (χ1) is 20.4. The van der Waals surface area contributed by atoms with Gasteiger partial charge >= 0.3 is 6.09 Å². The minimum Gasteiger partial charge on any atom is -0.430 e. The molecule has 4 rings (SSSR count). The van der Waals surface area contributed by atoms with Gasteiger partial charge in [0, 0.05) is 23.2 Å². The molecular formula is C31H35Cl2F2N3O5. The number of carbonyl (C=O) groups excluding carboxylic acids is 1. The number of hydrogen-bond acceptors (Lipinski definition) is 7. The first-order valence-electron chi connectivity index (χ1n) is 14.0. The molecule has 0 aromatic heterocycles. The summed E-state index contributed by atoms with van der Waals surface area (Å²) in [6.07, 6.45) is -0.237. The fourth-order valence-electron chi connectivity index (χ4n) is 6.13. The lowest BCUT2D eigenvalue weighted by atomic mass is 9.62. The molecule has 232 valence electrons. The summed E-state index contributed by atoms with van der Waals surface area (Å²) in [4.78, 5) is 12.9. The number of aliphatic hydroxyl groups excluding tert-OH is 2. The number of nitriles is 1. The molecule has 0 unspecified atom stereocenters. The van der Waals surface area contributed by atoms with Gasteiger partial charge in [0.1, 0.15) is 17.0 Å². The van der Waals surface area contributed by atoms with E-state index in [9.17, 15) is 15.2 Å². The van der Waals surface area contributed by atoms with E-state index in [-0.39, 0.29) is 40.6 Å². The molecule has 0 bridgehead atoms. The van der Waals surface area contributed by atoms with Crippen molar-refractivity contribution in [1.29, 1.82) is 5.26 Å². The van der Waals surface area contributed by atoms with Crippen LogP contribution in [0.4, 0.5) is 13.6 Å². The van der Waals surface area contributed by atoms with Crippen molar-refractivity contribution in [2.24, 2.45) is 5.41 Å². The lowest BCUT2D eigenvalue weighted by Crippen LogP contribution is -2.45. The predicted octanol–water partition coefficient (Wildman–Crippen LogP) is 5.35. The zero-order chi connectivity index (χ0) is 31.4. The molecule has 12 heteroatoms. The number of amides is 1. The summed E-state index contributed by atoms with van der Waals surface area (Å²) < 4.78 is 42.9. The summed E-state index contributed by atoms with van der Waals surface area (Å²) in [5, 5.41) is 35.4. The number of aliphatic hydroxyl groups is 2. The lowest BCUT2D eigenvalue weighted by molar-refractivity contribution is 0.0684. The maximum absolute atomic E-state index is 15.9. The van der Waals surface area contributed by atoms with E-state index in [0.717, 1.165) is 11.6 Å². The van der Waals surface area contributed by atoms with Crippen LogP contribution < -0.4 is 10.6 Å². The zero-order valence-corrected chi connectivity index (χ0v) is 25.4. The number of hydrogen-bond donors (Lipinski definition) is 4. The average Bonchev–Trinajstić information content (AvgIpc) is 3.26. The van der Waals surface area contributed by atoms with Gasteiger partial charge < -0.3 is 25.0 Å². The summed E-state index contributed by atoms with van der Waals surface area (Å²) in [5.74, 6) is -2.83. The number of benzene rings is 2. The molecule has 0 radical (unpaired) electrons. The Morgan fingerprint density at radius 1 is 1.33 bits per heavy atom. The van der Waals surface area contributed by atoms with Crippen LogP contribution >= 0.6 is 23.2 Å². The van der Waals surface area contributed by atoms with Crippen LogP contribution in [-0.4, -0.2) is 61.0 Å². The zero-order valence-electron chi connectivity index (χ0n) is 23.9. The van der Waals surface area contributed by atoms with Crippen molar-refractivity contribution < 1.29 is 33.3 Å². The number of halogens is 4. The lowest BCUT2D eigenvalue weighted by Gasteiger charge is -2.39. The quantitative estimate of drug-likeness (QED) is 0.259. The first-order valence-corrected chi connectivity index (χ1v) is 14.8. The second-order valence-corrected chi connectivity index (χ2v) is 12.3. The molecule has 1 amide bonds. The van der Waals surface area contributed by atoms with E-state index in [2.05, 4.69) is 16.7 Å². The number of rotatable bonds is 10. The van der Waals surface area contributed by atoms with Crippen LogP contribution in [0.3, 0.4) is 0 Å². The molecule has 4 N–H and O–H groups in total.